The first kappa shape index (κ1) is 14.6. The van der Waals surface area contributed by atoms with E-state index in [4.69, 9.17) is 5.11 Å². The lowest BCUT2D eigenvalue weighted by molar-refractivity contribution is -0.138. The van der Waals surface area contributed by atoms with Crippen molar-refractivity contribution in [3.05, 3.63) is 29.8 Å². The topological polar surface area (TPSA) is 66.4 Å². The molecule has 0 bridgehead atoms. The predicted octanol–water partition coefficient (Wildman–Crippen LogP) is 3.39. The lowest BCUT2D eigenvalue weighted by Crippen LogP contribution is -2.41. The quantitative estimate of drug-likeness (QED) is 0.865. The van der Waals surface area contributed by atoms with Crippen LogP contribution in [-0.2, 0) is 9.59 Å². The van der Waals surface area contributed by atoms with Gasteiger partial charge in [-0.15, -0.1) is 0 Å². The van der Waals surface area contributed by atoms with Crippen molar-refractivity contribution in [1.29, 1.82) is 0 Å². The molecule has 108 valence electrons. The molecule has 0 spiro atoms. The van der Waals surface area contributed by atoms with E-state index in [1.807, 2.05) is 0 Å². The molecule has 0 aromatic heterocycles. The van der Waals surface area contributed by atoms with Gasteiger partial charge in [0.25, 0.3) is 0 Å². The second kappa shape index (κ2) is 5.65. The molecular weight excluding hydrogens is 254 g/mol. The van der Waals surface area contributed by atoms with Gasteiger partial charge in [-0.3, -0.25) is 9.59 Å². The minimum atomic E-state index is -0.846. The van der Waals surface area contributed by atoms with Gasteiger partial charge in [0, 0.05) is 11.1 Å². The zero-order chi connectivity index (χ0) is 14.8. The van der Waals surface area contributed by atoms with Crippen molar-refractivity contribution in [2.75, 3.05) is 5.32 Å². The lowest BCUT2D eigenvalue weighted by atomic mass is 9.66. The van der Waals surface area contributed by atoms with Gasteiger partial charge in [0.1, 0.15) is 0 Å². The zero-order valence-electron chi connectivity index (χ0n) is 12.0. The molecule has 2 N–H and O–H groups in total. The van der Waals surface area contributed by atoms with Crippen LogP contribution in [0.25, 0.3) is 0 Å². The molecule has 0 heterocycles. The average molecular weight is 275 g/mol. The molecule has 0 radical (unpaired) electrons. The summed E-state index contributed by atoms with van der Waals surface area (Å²) < 4.78 is 0. The maximum Gasteiger partial charge on any atom is 0.310 e. The van der Waals surface area contributed by atoms with Crippen LogP contribution < -0.4 is 5.32 Å². The number of nitrogens with one attached hydrogen (secondary N) is 1. The largest absolute Gasteiger partial charge is 0.481 e. The van der Waals surface area contributed by atoms with Crippen LogP contribution in [0.4, 0.5) is 5.69 Å². The van der Waals surface area contributed by atoms with Gasteiger partial charge in [0.2, 0.25) is 5.91 Å². The Morgan fingerprint density at radius 2 is 1.90 bits per heavy atom. The summed E-state index contributed by atoms with van der Waals surface area (Å²) in [6, 6.07) is 7.06. The van der Waals surface area contributed by atoms with Crippen LogP contribution in [0.1, 0.15) is 51.0 Å². The fourth-order valence-corrected chi connectivity index (χ4v) is 2.61. The maximum atomic E-state index is 12.3. The highest BCUT2D eigenvalue weighted by Crippen LogP contribution is 2.44. The summed E-state index contributed by atoms with van der Waals surface area (Å²) in [4.78, 5) is 23.2. The highest BCUT2D eigenvalue weighted by atomic mass is 16.4. The summed E-state index contributed by atoms with van der Waals surface area (Å²) in [6.45, 7) is 3.70. The van der Waals surface area contributed by atoms with Crippen molar-refractivity contribution in [3.63, 3.8) is 0 Å². The van der Waals surface area contributed by atoms with E-state index in [2.05, 4.69) is 12.2 Å². The van der Waals surface area contributed by atoms with Gasteiger partial charge >= 0.3 is 5.97 Å². The fraction of sp³-hybridized carbons (Fsp3) is 0.500. The minimum Gasteiger partial charge on any atom is -0.481 e. The Morgan fingerprint density at radius 1 is 1.30 bits per heavy atom. The molecule has 1 saturated carbocycles. The third kappa shape index (κ3) is 2.69. The molecule has 0 saturated heterocycles. The van der Waals surface area contributed by atoms with Gasteiger partial charge in [-0.1, -0.05) is 25.5 Å². The Labute approximate surface area is 119 Å². The Balaban J connectivity index is 2.04. The van der Waals surface area contributed by atoms with Gasteiger partial charge in [0.15, 0.2) is 0 Å². The summed E-state index contributed by atoms with van der Waals surface area (Å²) in [6.07, 6.45) is 3.91. The van der Waals surface area contributed by atoms with E-state index < -0.39 is 11.9 Å². The highest BCUT2D eigenvalue weighted by Gasteiger charge is 2.42. The second-order valence-corrected chi connectivity index (χ2v) is 5.62. The molecule has 1 atom stereocenters. The standard InChI is InChI=1S/C16H21NO3/c1-3-16(9-4-10-16)15(20)17-13-7-5-12(6-8-13)11(2)14(18)19/h5-8,11H,3-4,9-10H2,1-2H3,(H,17,20)(H,18,19). The number of carbonyl (C=O) groups excluding carboxylic acids is 1. The van der Waals surface area contributed by atoms with Crippen LogP contribution in [0.3, 0.4) is 0 Å². The molecule has 4 heteroatoms. The minimum absolute atomic E-state index is 0.0882. The van der Waals surface area contributed by atoms with E-state index in [-0.39, 0.29) is 11.3 Å². The van der Waals surface area contributed by atoms with Gasteiger partial charge in [0.05, 0.1) is 5.92 Å². The summed E-state index contributed by atoms with van der Waals surface area (Å²) in [5.41, 5.74) is 1.29. The van der Waals surface area contributed by atoms with Gasteiger partial charge in [-0.2, -0.15) is 0 Å². The normalized spacial score (nSPS) is 17.9. The molecular formula is C16H21NO3. The third-order valence-electron chi connectivity index (χ3n) is 4.51. The molecule has 1 aliphatic rings. The zero-order valence-corrected chi connectivity index (χ0v) is 12.0. The van der Waals surface area contributed by atoms with Crippen molar-refractivity contribution < 1.29 is 14.7 Å². The Kier molecular flexibility index (Phi) is 4.12. The van der Waals surface area contributed by atoms with E-state index in [1.54, 1.807) is 31.2 Å². The van der Waals surface area contributed by atoms with E-state index in [1.165, 1.54) is 0 Å². The molecule has 1 aliphatic carbocycles. The van der Waals surface area contributed by atoms with E-state index in [9.17, 15) is 9.59 Å². The first-order valence-electron chi connectivity index (χ1n) is 7.13. The Hall–Kier alpha value is -1.84. The summed E-state index contributed by atoms with van der Waals surface area (Å²) in [5.74, 6) is -1.29. The smallest absolute Gasteiger partial charge is 0.310 e. The fourth-order valence-electron chi connectivity index (χ4n) is 2.61. The number of anilines is 1. The van der Waals surface area contributed by atoms with Crippen molar-refractivity contribution >= 4 is 17.6 Å². The number of hydrogen-bond acceptors (Lipinski definition) is 2. The monoisotopic (exact) mass is 275 g/mol. The molecule has 2 rings (SSSR count). The molecule has 1 unspecified atom stereocenters. The van der Waals surface area contributed by atoms with Gasteiger partial charge in [-0.05, 0) is 43.9 Å². The highest BCUT2D eigenvalue weighted by molar-refractivity contribution is 5.95. The number of rotatable bonds is 5. The molecule has 1 amide bonds. The number of benzene rings is 1. The van der Waals surface area contributed by atoms with E-state index in [0.717, 1.165) is 36.9 Å². The Bertz CT molecular complexity index is 497. The van der Waals surface area contributed by atoms with Crippen molar-refractivity contribution in [2.45, 2.75) is 45.4 Å². The van der Waals surface area contributed by atoms with Crippen molar-refractivity contribution in [3.8, 4) is 0 Å². The van der Waals surface area contributed by atoms with Crippen LogP contribution in [0.2, 0.25) is 0 Å². The van der Waals surface area contributed by atoms with E-state index in [0.29, 0.717) is 0 Å². The first-order chi connectivity index (χ1) is 9.48. The van der Waals surface area contributed by atoms with Crippen LogP contribution in [-0.4, -0.2) is 17.0 Å². The van der Waals surface area contributed by atoms with Crippen LogP contribution >= 0.6 is 0 Å². The second-order valence-electron chi connectivity index (χ2n) is 5.62. The number of aliphatic carboxylic acids is 1. The number of carbonyl (C=O) groups is 2. The number of carboxylic acids is 1. The van der Waals surface area contributed by atoms with Gasteiger partial charge in [-0.25, -0.2) is 0 Å². The number of carboxylic acid groups (broad SMARTS) is 1. The summed E-state index contributed by atoms with van der Waals surface area (Å²) in [7, 11) is 0. The first-order valence-corrected chi connectivity index (χ1v) is 7.13. The maximum absolute atomic E-state index is 12.3. The molecule has 20 heavy (non-hydrogen) atoms. The lowest BCUT2D eigenvalue weighted by Gasteiger charge is -2.39. The number of amides is 1. The summed E-state index contributed by atoms with van der Waals surface area (Å²) in [5, 5.41) is 11.9. The average Bonchev–Trinajstić information content (AvgIpc) is 2.38. The van der Waals surface area contributed by atoms with Gasteiger partial charge < -0.3 is 10.4 Å². The SMILES string of the molecule is CCC1(C(=O)Nc2ccc(C(C)C(=O)O)cc2)CCC1. The predicted molar refractivity (Wildman–Crippen MR) is 77.7 cm³/mol. The van der Waals surface area contributed by atoms with Crippen LogP contribution in [0, 0.1) is 5.41 Å². The third-order valence-corrected chi connectivity index (χ3v) is 4.51. The molecule has 1 fully saturated rings. The Morgan fingerprint density at radius 3 is 2.30 bits per heavy atom. The number of hydrogen-bond donors (Lipinski definition) is 2. The molecule has 4 nitrogen and oxygen atoms in total. The van der Waals surface area contributed by atoms with E-state index >= 15 is 0 Å². The van der Waals surface area contributed by atoms with Crippen LogP contribution in [0.5, 0.6) is 0 Å². The van der Waals surface area contributed by atoms with Crippen LogP contribution in [0.15, 0.2) is 24.3 Å². The molecule has 0 aliphatic heterocycles. The summed E-state index contributed by atoms with van der Waals surface area (Å²) >= 11 is 0. The van der Waals surface area contributed by atoms with Crippen molar-refractivity contribution in [2.24, 2.45) is 5.41 Å². The molecule has 1 aromatic rings. The van der Waals surface area contributed by atoms with Crippen molar-refractivity contribution in [1.82, 2.24) is 0 Å². The molecule has 1 aromatic carbocycles.